The Balaban J connectivity index is 1.32. The molecule has 1 aliphatic carbocycles. The van der Waals surface area contributed by atoms with Crippen LogP contribution in [0.2, 0.25) is 0 Å². The Labute approximate surface area is 239 Å². The van der Waals surface area contributed by atoms with Gasteiger partial charge in [-0.3, -0.25) is 4.79 Å². The summed E-state index contributed by atoms with van der Waals surface area (Å²) >= 11 is 0. The first-order chi connectivity index (χ1) is 19.6. The van der Waals surface area contributed by atoms with Crippen LogP contribution >= 0.6 is 0 Å². The van der Waals surface area contributed by atoms with Gasteiger partial charge in [0.2, 0.25) is 0 Å². The van der Waals surface area contributed by atoms with Crippen LogP contribution in [-0.2, 0) is 12.8 Å². The molecular weight excluding hydrogens is 498 g/mol. The maximum Gasteiger partial charge on any atom is 0.258 e. The maximum atomic E-state index is 13.9. The zero-order valence-corrected chi connectivity index (χ0v) is 24.2. The van der Waals surface area contributed by atoms with E-state index in [1.54, 1.807) is 14.2 Å². The molecule has 1 fully saturated rings. The summed E-state index contributed by atoms with van der Waals surface area (Å²) in [6.45, 7) is 7.00. The molecule has 1 heterocycles. The number of carbonyl (C=O) groups is 1. The van der Waals surface area contributed by atoms with Gasteiger partial charge in [0.05, 0.1) is 19.9 Å². The van der Waals surface area contributed by atoms with Crippen LogP contribution < -0.4 is 19.7 Å². The van der Waals surface area contributed by atoms with Gasteiger partial charge in [0.1, 0.15) is 11.5 Å². The summed E-state index contributed by atoms with van der Waals surface area (Å²) in [5, 5.41) is 3.52. The van der Waals surface area contributed by atoms with Crippen LogP contribution in [0.1, 0.15) is 65.6 Å². The van der Waals surface area contributed by atoms with Crippen LogP contribution in [-0.4, -0.2) is 57.8 Å². The van der Waals surface area contributed by atoms with Crippen molar-refractivity contribution >= 4 is 17.3 Å². The Morgan fingerprint density at radius 3 is 2.38 bits per heavy atom. The molecule has 5 rings (SSSR count). The predicted octanol–water partition coefficient (Wildman–Crippen LogP) is 6.54. The van der Waals surface area contributed by atoms with E-state index in [1.807, 2.05) is 54.3 Å². The van der Waals surface area contributed by atoms with E-state index in [1.165, 1.54) is 49.0 Å². The van der Waals surface area contributed by atoms with E-state index in [9.17, 15) is 4.79 Å². The van der Waals surface area contributed by atoms with E-state index in [0.29, 0.717) is 18.0 Å². The van der Waals surface area contributed by atoms with E-state index < -0.39 is 0 Å². The monoisotopic (exact) mass is 541 g/mol. The second-order valence-electron chi connectivity index (χ2n) is 11.0. The molecule has 0 saturated carbocycles. The first-order valence-corrected chi connectivity index (χ1v) is 14.8. The van der Waals surface area contributed by atoms with Crippen LogP contribution in [0.4, 0.5) is 11.4 Å². The molecular formula is C34H43N3O3. The van der Waals surface area contributed by atoms with Gasteiger partial charge in [0.25, 0.3) is 5.91 Å². The van der Waals surface area contributed by atoms with Gasteiger partial charge in [0.15, 0.2) is 0 Å². The smallest absolute Gasteiger partial charge is 0.258 e. The molecule has 40 heavy (non-hydrogen) atoms. The number of ether oxygens (including phenoxy) is 2. The lowest BCUT2D eigenvalue weighted by molar-refractivity contribution is 0.0988. The number of anilines is 2. The Kier molecular flexibility index (Phi) is 9.27. The highest BCUT2D eigenvalue weighted by Gasteiger charge is 2.27. The highest BCUT2D eigenvalue weighted by molar-refractivity contribution is 6.06. The van der Waals surface area contributed by atoms with Gasteiger partial charge in [-0.2, -0.15) is 0 Å². The van der Waals surface area contributed by atoms with E-state index in [0.717, 1.165) is 55.2 Å². The number of hydrogen-bond donors (Lipinski definition) is 1. The lowest BCUT2D eigenvalue weighted by Gasteiger charge is -2.31. The maximum absolute atomic E-state index is 13.9. The molecule has 1 atom stereocenters. The fraction of sp³-hybridized carbons (Fsp3) is 0.441. The van der Waals surface area contributed by atoms with Crippen molar-refractivity contribution < 1.29 is 14.3 Å². The standard InChI is InChI=1S/C34H43N3O3/c1-4-37(34(38)25-10-13-29(14-11-25)35-18-21-36-19-6-5-7-20-36)33-24-31(40-3)16-17-32(33)28-9-8-27-23-30(39-2)15-12-26(27)22-28/h10-17,23-24,28,35H,4-9,18-22H2,1-3H3. The summed E-state index contributed by atoms with van der Waals surface area (Å²) in [7, 11) is 3.39. The number of fused-ring (bicyclic) bond motifs is 1. The number of piperidine rings is 1. The van der Waals surface area contributed by atoms with E-state index in [2.05, 4.69) is 28.4 Å². The molecule has 1 amide bonds. The molecule has 0 radical (unpaired) electrons. The summed E-state index contributed by atoms with van der Waals surface area (Å²) < 4.78 is 11.0. The third-order valence-electron chi connectivity index (χ3n) is 8.51. The minimum atomic E-state index is 0.0119. The van der Waals surface area contributed by atoms with E-state index >= 15 is 0 Å². The van der Waals surface area contributed by atoms with Gasteiger partial charge in [-0.05, 0) is 117 Å². The summed E-state index contributed by atoms with van der Waals surface area (Å²) in [5.41, 5.74) is 6.61. The molecule has 0 spiro atoms. The van der Waals surface area contributed by atoms with Crippen molar-refractivity contribution in [2.45, 2.75) is 51.4 Å². The number of nitrogens with one attached hydrogen (secondary N) is 1. The zero-order valence-electron chi connectivity index (χ0n) is 24.2. The molecule has 1 N–H and O–H groups in total. The summed E-state index contributed by atoms with van der Waals surface area (Å²) in [6, 6.07) is 20.5. The number of rotatable bonds is 10. The lowest BCUT2D eigenvalue weighted by Crippen LogP contribution is -2.33. The van der Waals surface area contributed by atoms with Crippen molar-refractivity contribution in [3.8, 4) is 11.5 Å². The second kappa shape index (κ2) is 13.2. The average Bonchev–Trinajstić information content (AvgIpc) is 3.01. The number of methoxy groups -OCH3 is 2. The molecule has 1 unspecified atom stereocenters. The molecule has 1 saturated heterocycles. The Morgan fingerprint density at radius 1 is 0.925 bits per heavy atom. The number of hydrogen-bond acceptors (Lipinski definition) is 5. The quantitative estimate of drug-likeness (QED) is 0.316. The highest BCUT2D eigenvalue weighted by atomic mass is 16.5. The van der Waals surface area contributed by atoms with Crippen molar-refractivity contribution in [3.63, 3.8) is 0 Å². The van der Waals surface area contributed by atoms with Crippen molar-refractivity contribution in [2.24, 2.45) is 0 Å². The van der Waals surface area contributed by atoms with Crippen LogP contribution in [0.25, 0.3) is 0 Å². The van der Waals surface area contributed by atoms with Crippen LogP contribution in [0.5, 0.6) is 11.5 Å². The molecule has 0 bridgehead atoms. The highest BCUT2D eigenvalue weighted by Crippen LogP contribution is 2.40. The Bertz CT molecular complexity index is 1280. The molecule has 2 aliphatic rings. The Morgan fingerprint density at radius 2 is 1.65 bits per heavy atom. The number of carbonyl (C=O) groups excluding carboxylic acids is 1. The fourth-order valence-corrected chi connectivity index (χ4v) is 6.20. The molecule has 0 aromatic heterocycles. The minimum Gasteiger partial charge on any atom is -0.497 e. The second-order valence-corrected chi connectivity index (χ2v) is 11.0. The number of nitrogens with zero attached hydrogens (tertiary/aromatic N) is 2. The number of aryl methyl sites for hydroxylation is 1. The first kappa shape index (κ1) is 28.0. The SMILES string of the molecule is CCN(C(=O)c1ccc(NCCN2CCCCC2)cc1)c1cc(OC)ccc1C1CCc2cc(OC)ccc2C1. The van der Waals surface area contributed by atoms with Gasteiger partial charge in [0, 0.05) is 37.0 Å². The molecule has 3 aromatic carbocycles. The van der Waals surface area contributed by atoms with Crippen LogP contribution in [0.15, 0.2) is 60.7 Å². The van der Waals surface area contributed by atoms with Crippen LogP contribution in [0, 0.1) is 0 Å². The largest absolute Gasteiger partial charge is 0.497 e. The summed E-state index contributed by atoms with van der Waals surface area (Å²) in [4.78, 5) is 18.3. The third kappa shape index (κ3) is 6.44. The minimum absolute atomic E-state index is 0.0119. The Hall–Kier alpha value is -3.51. The molecule has 212 valence electrons. The zero-order chi connectivity index (χ0) is 27.9. The van der Waals surface area contributed by atoms with Gasteiger partial charge in [-0.15, -0.1) is 0 Å². The van der Waals surface area contributed by atoms with E-state index in [4.69, 9.17) is 9.47 Å². The van der Waals surface area contributed by atoms with Gasteiger partial charge in [-0.25, -0.2) is 0 Å². The van der Waals surface area contributed by atoms with E-state index in [-0.39, 0.29) is 5.91 Å². The normalized spacial score (nSPS) is 17.1. The molecule has 1 aliphatic heterocycles. The summed E-state index contributed by atoms with van der Waals surface area (Å²) in [6.07, 6.45) is 6.95. The van der Waals surface area contributed by atoms with Crippen LogP contribution in [0.3, 0.4) is 0 Å². The van der Waals surface area contributed by atoms with Crippen molar-refractivity contribution in [2.75, 3.05) is 57.2 Å². The number of benzene rings is 3. The molecule has 3 aromatic rings. The van der Waals surface area contributed by atoms with Crippen molar-refractivity contribution in [1.29, 1.82) is 0 Å². The van der Waals surface area contributed by atoms with Gasteiger partial charge >= 0.3 is 0 Å². The number of likely N-dealkylation sites (tertiary alicyclic amines) is 1. The third-order valence-corrected chi connectivity index (χ3v) is 8.51. The van der Waals surface area contributed by atoms with Gasteiger partial charge < -0.3 is 24.6 Å². The topological polar surface area (TPSA) is 54.0 Å². The first-order valence-electron chi connectivity index (χ1n) is 14.8. The number of amides is 1. The molecule has 6 heteroatoms. The van der Waals surface area contributed by atoms with Crippen molar-refractivity contribution in [3.05, 3.63) is 82.9 Å². The summed E-state index contributed by atoms with van der Waals surface area (Å²) in [5.74, 6) is 2.01. The average molecular weight is 542 g/mol. The molecule has 6 nitrogen and oxygen atoms in total. The van der Waals surface area contributed by atoms with Gasteiger partial charge in [-0.1, -0.05) is 18.6 Å². The fourth-order valence-electron chi connectivity index (χ4n) is 6.20. The predicted molar refractivity (Wildman–Crippen MR) is 163 cm³/mol. The lowest BCUT2D eigenvalue weighted by atomic mass is 9.79. The van der Waals surface area contributed by atoms with Crippen molar-refractivity contribution in [1.82, 2.24) is 4.90 Å².